The number of hydrogen-bond donors (Lipinski definition) is 0. The lowest BCUT2D eigenvalue weighted by molar-refractivity contribution is 0.295. The number of nitrogens with zero attached hydrogens (tertiary/aromatic N) is 3. The number of rotatable bonds is 6. The Labute approximate surface area is 199 Å². The molecule has 5 rings (SSSR count). The normalized spacial score (nSPS) is 11.0. The Bertz CT molecular complexity index is 1450. The van der Waals surface area contributed by atoms with Crippen LogP contribution >= 0.6 is 15.9 Å². The molecule has 5 aromatic rings. The molecule has 33 heavy (non-hydrogen) atoms. The minimum Gasteiger partial charge on any atom is -0.496 e. The monoisotopic (exact) mass is 501 g/mol. The number of ether oxygens (including phenoxy) is 2. The summed E-state index contributed by atoms with van der Waals surface area (Å²) in [5, 5.41) is 9.53. The van der Waals surface area contributed by atoms with Crippen molar-refractivity contribution in [1.29, 1.82) is 0 Å². The van der Waals surface area contributed by atoms with Gasteiger partial charge in [0.05, 0.1) is 17.1 Å². The molecule has 0 saturated carbocycles. The van der Waals surface area contributed by atoms with Crippen LogP contribution < -0.4 is 9.47 Å². The molecule has 0 fully saturated rings. The van der Waals surface area contributed by atoms with Crippen molar-refractivity contribution in [2.45, 2.75) is 13.5 Å². The Balaban J connectivity index is 1.42. The molecule has 0 unspecified atom stereocenters. The molecule has 0 N–H and O–H groups in total. The van der Waals surface area contributed by atoms with Crippen molar-refractivity contribution in [1.82, 2.24) is 15.2 Å². The molecular weight excluding hydrogens is 482 g/mol. The van der Waals surface area contributed by atoms with Gasteiger partial charge in [0.1, 0.15) is 23.8 Å². The van der Waals surface area contributed by atoms with E-state index < -0.39 is 0 Å². The van der Waals surface area contributed by atoms with Crippen molar-refractivity contribution in [3.63, 3.8) is 0 Å². The van der Waals surface area contributed by atoms with E-state index in [2.05, 4.69) is 44.1 Å². The third kappa shape index (κ3) is 4.45. The number of para-hydroxylation sites is 1. The van der Waals surface area contributed by atoms with Crippen molar-refractivity contribution < 1.29 is 13.9 Å². The van der Waals surface area contributed by atoms with Gasteiger partial charge in [-0.05, 0) is 71.4 Å². The predicted octanol–water partition coefficient (Wildman–Crippen LogP) is 6.61. The topological polar surface area (TPSA) is 70.3 Å². The average molecular weight is 502 g/mol. The second-order valence-corrected chi connectivity index (χ2v) is 8.41. The quantitative estimate of drug-likeness (QED) is 0.260. The summed E-state index contributed by atoms with van der Waals surface area (Å²) in [5.74, 6) is 2.24. The van der Waals surface area contributed by atoms with Gasteiger partial charge in [-0.25, -0.2) is 4.98 Å². The number of benzene rings is 3. The van der Waals surface area contributed by atoms with E-state index >= 15 is 0 Å². The lowest BCUT2D eigenvalue weighted by Crippen LogP contribution is -1.99. The maximum absolute atomic E-state index is 5.98. The van der Waals surface area contributed by atoms with Crippen molar-refractivity contribution in [3.8, 4) is 34.5 Å². The van der Waals surface area contributed by atoms with Crippen LogP contribution in [0.1, 0.15) is 11.1 Å². The van der Waals surface area contributed by atoms with E-state index in [0.717, 1.165) is 38.0 Å². The van der Waals surface area contributed by atoms with Crippen molar-refractivity contribution >= 4 is 26.8 Å². The van der Waals surface area contributed by atoms with Gasteiger partial charge in [-0.1, -0.05) is 29.8 Å². The summed E-state index contributed by atoms with van der Waals surface area (Å²) < 4.78 is 18.3. The predicted molar refractivity (Wildman–Crippen MR) is 130 cm³/mol. The number of aryl methyl sites for hydroxylation is 1. The van der Waals surface area contributed by atoms with E-state index in [4.69, 9.17) is 13.9 Å². The van der Waals surface area contributed by atoms with Crippen LogP contribution in [0.15, 0.2) is 81.7 Å². The zero-order valence-electron chi connectivity index (χ0n) is 18.1. The molecule has 0 aliphatic heterocycles. The van der Waals surface area contributed by atoms with Crippen LogP contribution in [0.3, 0.4) is 0 Å². The minimum absolute atomic E-state index is 0.326. The van der Waals surface area contributed by atoms with E-state index in [9.17, 15) is 0 Å². The third-order valence-corrected chi connectivity index (χ3v) is 5.89. The number of halogens is 1. The van der Waals surface area contributed by atoms with Crippen molar-refractivity contribution in [3.05, 3.63) is 88.4 Å². The molecule has 2 heterocycles. The summed E-state index contributed by atoms with van der Waals surface area (Å²) in [5.41, 5.74) is 4.35. The number of hydrogen-bond acceptors (Lipinski definition) is 6. The van der Waals surface area contributed by atoms with Gasteiger partial charge in [0.25, 0.3) is 5.89 Å². The summed E-state index contributed by atoms with van der Waals surface area (Å²) in [4.78, 5) is 4.67. The highest BCUT2D eigenvalue weighted by Gasteiger charge is 2.15. The number of fused-ring (bicyclic) bond motifs is 1. The average Bonchev–Trinajstić information content (AvgIpc) is 3.33. The first-order chi connectivity index (χ1) is 16.1. The van der Waals surface area contributed by atoms with E-state index in [0.29, 0.717) is 24.1 Å². The fourth-order valence-electron chi connectivity index (χ4n) is 3.55. The number of pyridine rings is 1. The first-order valence-corrected chi connectivity index (χ1v) is 11.2. The van der Waals surface area contributed by atoms with Crippen LogP contribution in [0.25, 0.3) is 33.9 Å². The Morgan fingerprint density at radius 3 is 2.58 bits per heavy atom. The molecule has 3 aromatic carbocycles. The molecule has 0 aliphatic carbocycles. The van der Waals surface area contributed by atoms with Gasteiger partial charge >= 0.3 is 0 Å². The molecule has 0 radical (unpaired) electrons. The van der Waals surface area contributed by atoms with Crippen LogP contribution in [0.4, 0.5) is 0 Å². The van der Waals surface area contributed by atoms with Gasteiger partial charge < -0.3 is 13.9 Å². The molecule has 0 aliphatic rings. The zero-order valence-corrected chi connectivity index (χ0v) is 19.7. The molecule has 0 amide bonds. The molecular formula is C26H20BrN3O3. The first kappa shape index (κ1) is 21.2. The third-order valence-electron chi connectivity index (χ3n) is 5.24. The van der Waals surface area contributed by atoms with E-state index in [1.165, 1.54) is 5.56 Å². The highest BCUT2D eigenvalue weighted by Crippen LogP contribution is 2.31. The van der Waals surface area contributed by atoms with Gasteiger partial charge in [0.2, 0.25) is 5.89 Å². The summed E-state index contributed by atoms with van der Waals surface area (Å²) in [7, 11) is 1.63. The Morgan fingerprint density at radius 2 is 1.73 bits per heavy atom. The maximum Gasteiger partial charge on any atom is 0.266 e. The summed E-state index contributed by atoms with van der Waals surface area (Å²) in [6, 6.07) is 23.4. The SMILES string of the molecule is COc1ccc(-c2nnc(-c3ccc4cc(C)ccc4n3)o2)cc1COc1ccccc1Br. The van der Waals surface area contributed by atoms with Gasteiger partial charge in [0.15, 0.2) is 0 Å². The van der Waals surface area contributed by atoms with Gasteiger partial charge in [0, 0.05) is 16.5 Å². The van der Waals surface area contributed by atoms with Crippen molar-refractivity contribution in [2.24, 2.45) is 0 Å². The molecule has 2 aromatic heterocycles. The standard InChI is InChI=1S/C26H20BrN3O3/c1-16-7-10-21-17(13-16)8-11-22(28-21)26-30-29-25(33-26)18-9-12-23(31-2)19(14-18)15-32-24-6-4-3-5-20(24)27/h3-14H,15H2,1-2H3. The van der Waals surface area contributed by atoms with E-state index in [1.807, 2.05) is 66.7 Å². The Morgan fingerprint density at radius 1 is 0.879 bits per heavy atom. The molecule has 0 spiro atoms. The van der Waals surface area contributed by atoms with E-state index in [1.54, 1.807) is 7.11 Å². The minimum atomic E-state index is 0.326. The van der Waals surface area contributed by atoms with Crippen LogP contribution in [-0.4, -0.2) is 22.3 Å². The molecule has 7 heteroatoms. The fraction of sp³-hybridized carbons (Fsp3) is 0.115. The van der Waals surface area contributed by atoms with Crippen LogP contribution in [0, 0.1) is 6.92 Å². The van der Waals surface area contributed by atoms with Gasteiger partial charge in [-0.3, -0.25) is 0 Å². The second-order valence-electron chi connectivity index (χ2n) is 7.55. The highest BCUT2D eigenvalue weighted by atomic mass is 79.9. The fourth-order valence-corrected chi connectivity index (χ4v) is 3.95. The van der Waals surface area contributed by atoms with Crippen molar-refractivity contribution in [2.75, 3.05) is 7.11 Å². The molecule has 164 valence electrons. The Hall–Kier alpha value is -3.71. The maximum atomic E-state index is 5.98. The summed E-state index contributed by atoms with van der Waals surface area (Å²) in [6.07, 6.45) is 0. The lowest BCUT2D eigenvalue weighted by Gasteiger charge is -2.12. The van der Waals surface area contributed by atoms with Gasteiger partial charge in [-0.15, -0.1) is 10.2 Å². The smallest absolute Gasteiger partial charge is 0.266 e. The van der Waals surface area contributed by atoms with Crippen LogP contribution in [-0.2, 0) is 6.61 Å². The molecule has 0 atom stereocenters. The highest BCUT2D eigenvalue weighted by molar-refractivity contribution is 9.10. The number of methoxy groups -OCH3 is 1. The number of aromatic nitrogens is 3. The van der Waals surface area contributed by atoms with Crippen LogP contribution in [0.5, 0.6) is 11.5 Å². The largest absolute Gasteiger partial charge is 0.496 e. The summed E-state index contributed by atoms with van der Waals surface area (Å²) in [6.45, 7) is 2.39. The van der Waals surface area contributed by atoms with Crippen LogP contribution in [0.2, 0.25) is 0 Å². The zero-order chi connectivity index (χ0) is 22.8. The first-order valence-electron chi connectivity index (χ1n) is 10.4. The lowest BCUT2D eigenvalue weighted by atomic mass is 10.1. The second kappa shape index (κ2) is 9.03. The summed E-state index contributed by atoms with van der Waals surface area (Å²) >= 11 is 3.50. The molecule has 0 bridgehead atoms. The van der Waals surface area contributed by atoms with E-state index in [-0.39, 0.29) is 0 Å². The molecule has 6 nitrogen and oxygen atoms in total. The molecule has 0 saturated heterocycles. The van der Waals surface area contributed by atoms with Gasteiger partial charge in [-0.2, -0.15) is 0 Å². The Kier molecular flexibility index (Phi) is 5.79.